The van der Waals surface area contributed by atoms with E-state index < -0.39 is 21.2 Å². The van der Waals surface area contributed by atoms with E-state index in [9.17, 15) is 18.3 Å². The summed E-state index contributed by atoms with van der Waals surface area (Å²) in [5.74, 6) is 0. The van der Waals surface area contributed by atoms with Crippen LogP contribution in [0.2, 0.25) is 0 Å². The zero-order chi connectivity index (χ0) is 15.0. The summed E-state index contributed by atoms with van der Waals surface area (Å²) < 4.78 is 31.4. The Morgan fingerprint density at radius 1 is 1.25 bits per heavy atom. The zero-order valence-electron chi connectivity index (χ0n) is 11.1. The molecule has 0 aliphatic heterocycles. The van der Waals surface area contributed by atoms with Crippen LogP contribution in [0.25, 0.3) is 11.0 Å². The lowest BCUT2D eigenvalue weighted by Crippen LogP contribution is -2.38. The molecular weight excluding hydrogens is 282 g/mol. The third kappa shape index (κ3) is 3.44. The van der Waals surface area contributed by atoms with Crippen LogP contribution in [-0.4, -0.2) is 25.7 Å². The molecular formula is C13H15NO5S. The molecule has 0 bridgehead atoms. The molecule has 20 heavy (non-hydrogen) atoms. The van der Waals surface area contributed by atoms with Crippen molar-refractivity contribution in [3.8, 4) is 0 Å². The van der Waals surface area contributed by atoms with Crippen molar-refractivity contribution in [1.29, 1.82) is 0 Å². The maximum Gasteiger partial charge on any atom is 0.336 e. The second-order valence-electron chi connectivity index (χ2n) is 5.09. The highest BCUT2D eigenvalue weighted by molar-refractivity contribution is 7.89. The molecule has 2 aromatic rings. The molecule has 2 N–H and O–H groups in total. The highest BCUT2D eigenvalue weighted by Gasteiger charge is 2.20. The Bertz CT molecular complexity index is 786. The van der Waals surface area contributed by atoms with Crippen LogP contribution >= 0.6 is 0 Å². The first-order valence-corrected chi connectivity index (χ1v) is 7.42. The number of fused-ring (bicyclic) bond motifs is 1. The quantitative estimate of drug-likeness (QED) is 0.815. The molecule has 0 unspecified atom stereocenters. The SMILES string of the molecule is CC(C)(O)CNS(=O)(=O)c1ccc2oc(=O)ccc2c1. The fourth-order valence-electron chi connectivity index (χ4n) is 1.57. The van der Waals surface area contributed by atoms with Crippen LogP contribution < -0.4 is 10.3 Å². The van der Waals surface area contributed by atoms with E-state index >= 15 is 0 Å². The lowest BCUT2D eigenvalue weighted by molar-refractivity contribution is 0.0857. The first-order valence-electron chi connectivity index (χ1n) is 5.93. The van der Waals surface area contributed by atoms with Gasteiger partial charge in [-0.1, -0.05) is 0 Å². The Labute approximate surface area is 116 Å². The molecule has 0 saturated heterocycles. The van der Waals surface area contributed by atoms with E-state index in [2.05, 4.69) is 4.72 Å². The van der Waals surface area contributed by atoms with Gasteiger partial charge < -0.3 is 9.52 Å². The lowest BCUT2D eigenvalue weighted by Gasteiger charge is -2.17. The van der Waals surface area contributed by atoms with E-state index in [1.807, 2.05) is 0 Å². The highest BCUT2D eigenvalue weighted by atomic mass is 32.2. The van der Waals surface area contributed by atoms with Gasteiger partial charge >= 0.3 is 5.63 Å². The van der Waals surface area contributed by atoms with Gasteiger partial charge in [0, 0.05) is 18.0 Å². The van der Waals surface area contributed by atoms with Gasteiger partial charge in [-0.15, -0.1) is 0 Å². The third-order valence-corrected chi connectivity index (χ3v) is 3.99. The van der Waals surface area contributed by atoms with Gasteiger partial charge in [0.25, 0.3) is 0 Å². The molecule has 0 aliphatic rings. The topological polar surface area (TPSA) is 96.6 Å². The van der Waals surface area contributed by atoms with Crippen molar-refractivity contribution in [2.24, 2.45) is 0 Å². The summed E-state index contributed by atoms with van der Waals surface area (Å²) in [6.07, 6.45) is 0. The van der Waals surface area contributed by atoms with Crippen LogP contribution in [0.4, 0.5) is 0 Å². The van der Waals surface area contributed by atoms with Gasteiger partial charge in [0.05, 0.1) is 10.5 Å². The Balaban J connectivity index is 2.37. The van der Waals surface area contributed by atoms with E-state index in [1.165, 1.54) is 44.2 Å². The van der Waals surface area contributed by atoms with Gasteiger partial charge in [-0.25, -0.2) is 17.9 Å². The Hall–Kier alpha value is -1.70. The number of hydrogen-bond donors (Lipinski definition) is 2. The first-order chi connectivity index (χ1) is 9.17. The number of sulfonamides is 1. The standard InChI is InChI=1S/C13H15NO5S/c1-13(2,16)8-14-20(17,18)10-4-5-11-9(7-10)3-6-12(15)19-11/h3-7,14,16H,8H2,1-2H3. The van der Waals surface area contributed by atoms with Crippen LogP contribution in [0.5, 0.6) is 0 Å². The van der Waals surface area contributed by atoms with Crippen LogP contribution in [0.1, 0.15) is 13.8 Å². The van der Waals surface area contributed by atoms with E-state index in [1.54, 1.807) is 0 Å². The van der Waals surface area contributed by atoms with E-state index in [4.69, 9.17) is 4.42 Å². The van der Waals surface area contributed by atoms with Gasteiger partial charge in [-0.05, 0) is 38.1 Å². The van der Waals surface area contributed by atoms with Crippen molar-refractivity contribution >= 4 is 21.0 Å². The van der Waals surface area contributed by atoms with Crippen LogP contribution in [0.3, 0.4) is 0 Å². The van der Waals surface area contributed by atoms with Crippen LogP contribution in [0.15, 0.2) is 44.4 Å². The molecule has 2 rings (SSSR count). The average Bonchev–Trinajstić information content (AvgIpc) is 2.35. The van der Waals surface area contributed by atoms with E-state index in [0.717, 1.165) is 0 Å². The summed E-state index contributed by atoms with van der Waals surface area (Å²) >= 11 is 0. The maximum atomic E-state index is 12.1. The van der Waals surface area contributed by atoms with Crippen molar-refractivity contribution in [3.05, 3.63) is 40.8 Å². The van der Waals surface area contributed by atoms with Crippen LogP contribution in [0, 0.1) is 0 Å². The van der Waals surface area contributed by atoms with E-state index in [0.29, 0.717) is 11.0 Å². The Kier molecular flexibility index (Phi) is 3.68. The van der Waals surface area contributed by atoms with Gasteiger partial charge in [0.15, 0.2) is 0 Å². The molecule has 0 fully saturated rings. The summed E-state index contributed by atoms with van der Waals surface area (Å²) in [4.78, 5) is 11.1. The molecule has 0 spiro atoms. The monoisotopic (exact) mass is 297 g/mol. The number of benzene rings is 1. The van der Waals surface area contributed by atoms with Gasteiger partial charge in [-0.3, -0.25) is 0 Å². The number of aliphatic hydroxyl groups is 1. The van der Waals surface area contributed by atoms with Gasteiger partial charge in [0.2, 0.25) is 10.0 Å². The highest BCUT2D eigenvalue weighted by Crippen LogP contribution is 2.17. The maximum absolute atomic E-state index is 12.1. The van der Waals surface area contributed by atoms with E-state index in [-0.39, 0.29) is 11.4 Å². The molecule has 0 aliphatic carbocycles. The molecule has 1 aromatic heterocycles. The number of hydrogen-bond acceptors (Lipinski definition) is 5. The van der Waals surface area contributed by atoms with Crippen molar-refractivity contribution < 1.29 is 17.9 Å². The summed E-state index contributed by atoms with van der Waals surface area (Å²) in [5, 5.41) is 10.1. The summed E-state index contributed by atoms with van der Waals surface area (Å²) in [6.45, 7) is 2.91. The Morgan fingerprint density at radius 2 is 1.95 bits per heavy atom. The van der Waals surface area contributed by atoms with Crippen molar-refractivity contribution in [1.82, 2.24) is 4.72 Å². The largest absolute Gasteiger partial charge is 0.423 e. The summed E-state index contributed by atoms with van der Waals surface area (Å²) in [6, 6.07) is 6.90. The molecule has 108 valence electrons. The molecule has 6 nitrogen and oxygen atoms in total. The van der Waals surface area contributed by atoms with Crippen molar-refractivity contribution in [3.63, 3.8) is 0 Å². The molecule has 0 amide bonds. The average molecular weight is 297 g/mol. The smallest absolute Gasteiger partial charge is 0.336 e. The fourth-order valence-corrected chi connectivity index (χ4v) is 2.81. The van der Waals surface area contributed by atoms with Crippen molar-refractivity contribution in [2.45, 2.75) is 24.3 Å². The summed E-state index contributed by atoms with van der Waals surface area (Å²) in [5.41, 5.74) is -1.32. The molecule has 0 saturated carbocycles. The minimum Gasteiger partial charge on any atom is -0.423 e. The molecule has 1 heterocycles. The number of nitrogens with one attached hydrogen (secondary N) is 1. The molecule has 1 aromatic carbocycles. The van der Waals surface area contributed by atoms with Gasteiger partial charge in [0.1, 0.15) is 5.58 Å². The fraction of sp³-hybridized carbons (Fsp3) is 0.308. The molecule has 0 radical (unpaired) electrons. The van der Waals surface area contributed by atoms with Crippen molar-refractivity contribution in [2.75, 3.05) is 6.54 Å². The number of rotatable bonds is 4. The predicted octanol–water partition coefficient (Wildman–Crippen LogP) is 0.842. The van der Waals surface area contributed by atoms with Crippen LogP contribution in [-0.2, 0) is 10.0 Å². The minimum absolute atomic E-state index is 0.0445. The first kappa shape index (κ1) is 14.7. The Morgan fingerprint density at radius 3 is 2.60 bits per heavy atom. The molecule has 0 atom stereocenters. The second kappa shape index (κ2) is 5.01. The minimum atomic E-state index is -3.72. The second-order valence-corrected chi connectivity index (χ2v) is 6.86. The normalized spacial score (nSPS) is 12.8. The zero-order valence-corrected chi connectivity index (χ0v) is 11.9. The molecule has 7 heteroatoms. The van der Waals surface area contributed by atoms with Gasteiger partial charge in [-0.2, -0.15) is 0 Å². The summed E-state index contributed by atoms with van der Waals surface area (Å²) in [7, 11) is -3.72. The lowest BCUT2D eigenvalue weighted by atomic mass is 10.1. The predicted molar refractivity (Wildman–Crippen MR) is 74.0 cm³/mol. The third-order valence-electron chi connectivity index (χ3n) is 2.60.